The maximum absolute atomic E-state index is 14.0. The number of likely N-dealkylation sites (tertiary alicyclic amines) is 1. The van der Waals surface area contributed by atoms with Crippen molar-refractivity contribution in [3.63, 3.8) is 0 Å². The van der Waals surface area contributed by atoms with Crippen LogP contribution in [0.1, 0.15) is 53.4 Å². The Hall–Kier alpha value is -4.40. The van der Waals surface area contributed by atoms with E-state index in [-0.39, 0.29) is 25.3 Å². The van der Waals surface area contributed by atoms with Gasteiger partial charge >= 0.3 is 6.09 Å². The minimum atomic E-state index is -3.99. The van der Waals surface area contributed by atoms with Crippen molar-refractivity contribution in [1.29, 1.82) is 0 Å². The molecular weight excluding hydrogens is 630 g/mol. The van der Waals surface area contributed by atoms with Crippen molar-refractivity contribution in [2.24, 2.45) is 11.3 Å². The fourth-order valence-corrected chi connectivity index (χ4v) is 7.25. The largest absolute Gasteiger partial charge is 0.497 e. The summed E-state index contributed by atoms with van der Waals surface area (Å²) in [5.74, 6) is -1.87. The summed E-state index contributed by atoms with van der Waals surface area (Å²) in [4.78, 5) is 58.8. The van der Waals surface area contributed by atoms with Crippen molar-refractivity contribution in [1.82, 2.24) is 25.2 Å². The van der Waals surface area contributed by atoms with Gasteiger partial charge in [-0.2, -0.15) is 0 Å². The Kier molecular flexibility index (Phi) is 8.67. The number of hydrogen-bond donors (Lipinski definition) is 4. The van der Waals surface area contributed by atoms with Gasteiger partial charge in [0.2, 0.25) is 27.7 Å². The molecule has 3 fully saturated rings. The SMILES string of the molecule is C=CC1CC1(NC(=O)C1CC(Oc2nccc3cc(OC)ccc23)CN1C(=O)C(NC(=O)O)C(C)(C)C)C(=O)NS(=O)(=O)C1(C)CC1. The molecular formula is C32H41N5O9S. The third-order valence-corrected chi connectivity index (χ3v) is 11.5. The molecule has 4 N–H and O–H groups in total. The van der Waals surface area contributed by atoms with Crippen LogP contribution in [-0.2, 0) is 24.4 Å². The normalized spacial score (nSPS) is 25.3. The van der Waals surface area contributed by atoms with Crippen molar-refractivity contribution in [2.45, 2.75) is 81.9 Å². The number of sulfonamides is 1. The standard InChI is InChI=1S/C32H41N5O9S/c1-7-19-16-32(19,28(40)36-47(43,44)31(5)11-12-31)35-25(38)23-15-21(17-37(23)27(39)24(30(2,3)4)34-29(41)42)46-26-22-9-8-20(45-6)14-18(22)10-13-33-26/h7-10,13-14,19,21,23-24,34H,1,11-12,15-17H2,2-6H3,(H,35,38)(H,36,40)(H,41,42). The molecule has 4 amide bonds. The molecule has 47 heavy (non-hydrogen) atoms. The first-order chi connectivity index (χ1) is 21.9. The summed E-state index contributed by atoms with van der Waals surface area (Å²) in [5.41, 5.74) is -2.45. The van der Waals surface area contributed by atoms with E-state index in [1.54, 1.807) is 59.2 Å². The number of nitrogens with zero attached hydrogens (tertiary/aromatic N) is 2. The van der Waals surface area contributed by atoms with Crippen molar-refractivity contribution in [2.75, 3.05) is 13.7 Å². The molecule has 2 aromatic rings. The number of fused-ring (bicyclic) bond motifs is 1. The average molecular weight is 672 g/mol. The van der Waals surface area contributed by atoms with Gasteiger partial charge in [0, 0.05) is 23.9 Å². The summed E-state index contributed by atoms with van der Waals surface area (Å²) >= 11 is 0. The van der Waals surface area contributed by atoms with E-state index in [1.165, 1.54) is 11.0 Å². The van der Waals surface area contributed by atoms with Crippen LogP contribution < -0.4 is 24.8 Å². The van der Waals surface area contributed by atoms with E-state index >= 15 is 0 Å². The van der Waals surface area contributed by atoms with Gasteiger partial charge in [0.05, 0.1) is 18.4 Å². The van der Waals surface area contributed by atoms with Crippen LogP contribution in [0.2, 0.25) is 0 Å². The molecule has 2 heterocycles. The third-order valence-electron chi connectivity index (χ3n) is 9.32. The molecule has 5 unspecified atom stereocenters. The zero-order valence-electron chi connectivity index (χ0n) is 27.0. The summed E-state index contributed by atoms with van der Waals surface area (Å²) in [7, 11) is -2.44. The number of aromatic nitrogens is 1. The van der Waals surface area contributed by atoms with Gasteiger partial charge in [-0.3, -0.25) is 19.1 Å². The number of carboxylic acid groups (broad SMARTS) is 1. The highest BCUT2D eigenvalue weighted by atomic mass is 32.2. The van der Waals surface area contributed by atoms with Crippen LogP contribution >= 0.6 is 0 Å². The number of amides is 4. The number of carbonyl (C=O) groups excluding carboxylic acids is 3. The maximum Gasteiger partial charge on any atom is 0.405 e. The van der Waals surface area contributed by atoms with Crippen molar-refractivity contribution in [3.8, 4) is 11.6 Å². The van der Waals surface area contributed by atoms with Crippen LogP contribution in [0.5, 0.6) is 11.6 Å². The number of pyridine rings is 1. The number of rotatable bonds is 11. The quantitative estimate of drug-likeness (QED) is 0.258. The lowest BCUT2D eigenvalue weighted by Gasteiger charge is -2.35. The lowest BCUT2D eigenvalue weighted by atomic mass is 9.85. The van der Waals surface area contributed by atoms with Crippen LogP contribution in [0.3, 0.4) is 0 Å². The monoisotopic (exact) mass is 671 g/mol. The lowest BCUT2D eigenvalue weighted by Crippen LogP contribution is -2.60. The zero-order chi connectivity index (χ0) is 34.5. The predicted octanol–water partition coefficient (Wildman–Crippen LogP) is 2.33. The molecule has 14 nitrogen and oxygen atoms in total. The van der Waals surface area contributed by atoms with Gasteiger partial charge in [-0.15, -0.1) is 6.58 Å². The van der Waals surface area contributed by atoms with Gasteiger partial charge in [-0.05, 0) is 61.3 Å². The minimum Gasteiger partial charge on any atom is -0.497 e. The second-order valence-corrected chi connectivity index (χ2v) is 16.0. The van der Waals surface area contributed by atoms with E-state index in [4.69, 9.17) is 9.47 Å². The van der Waals surface area contributed by atoms with Gasteiger partial charge in [-0.25, -0.2) is 18.2 Å². The number of ether oxygens (including phenoxy) is 2. The van der Waals surface area contributed by atoms with Crippen LogP contribution in [0.15, 0.2) is 43.1 Å². The Morgan fingerprint density at radius 3 is 2.47 bits per heavy atom. The van der Waals surface area contributed by atoms with Gasteiger partial charge in [0.15, 0.2) is 0 Å². The number of methoxy groups -OCH3 is 1. The topological polar surface area (TPSA) is 193 Å². The van der Waals surface area contributed by atoms with E-state index < -0.39 is 73.6 Å². The first-order valence-electron chi connectivity index (χ1n) is 15.4. The Morgan fingerprint density at radius 2 is 1.89 bits per heavy atom. The number of benzene rings is 1. The molecule has 0 radical (unpaired) electrons. The highest BCUT2D eigenvalue weighted by Crippen LogP contribution is 2.47. The van der Waals surface area contributed by atoms with Crippen molar-refractivity contribution in [3.05, 3.63) is 43.1 Å². The third kappa shape index (κ3) is 6.58. The lowest BCUT2D eigenvalue weighted by molar-refractivity contribution is -0.142. The van der Waals surface area contributed by atoms with Crippen molar-refractivity contribution >= 4 is 44.6 Å². The number of nitrogens with one attached hydrogen (secondary N) is 3. The zero-order valence-corrected chi connectivity index (χ0v) is 27.8. The molecule has 1 saturated heterocycles. The molecule has 3 aliphatic rings. The molecule has 2 saturated carbocycles. The summed E-state index contributed by atoms with van der Waals surface area (Å²) in [6.45, 7) is 10.3. The summed E-state index contributed by atoms with van der Waals surface area (Å²) in [6, 6.07) is 4.74. The fraction of sp³-hybridized carbons (Fsp3) is 0.531. The molecule has 5 rings (SSSR count). The molecule has 254 valence electrons. The predicted molar refractivity (Wildman–Crippen MR) is 171 cm³/mol. The Balaban J connectivity index is 1.44. The van der Waals surface area contributed by atoms with Crippen LogP contribution in [0, 0.1) is 11.3 Å². The fourth-order valence-electron chi connectivity index (χ4n) is 5.94. The molecule has 15 heteroatoms. The minimum absolute atomic E-state index is 0.0114. The summed E-state index contributed by atoms with van der Waals surface area (Å²) < 4.78 is 38.4. The molecule has 0 spiro atoms. The Labute approximate surface area is 273 Å². The van der Waals surface area contributed by atoms with Crippen LogP contribution in [0.4, 0.5) is 4.79 Å². The van der Waals surface area contributed by atoms with Crippen molar-refractivity contribution < 1.29 is 42.2 Å². The second kappa shape index (κ2) is 12.0. The van der Waals surface area contributed by atoms with E-state index in [2.05, 4.69) is 26.9 Å². The van der Waals surface area contributed by atoms with E-state index in [0.717, 1.165) is 5.39 Å². The molecule has 0 bridgehead atoms. The highest BCUT2D eigenvalue weighted by molar-refractivity contribution is 7.91. The van der Waals surface area contributed by atoms with Crippen LogP contribution in [0.25, 0.3) is 10.8 Å². The highest BCUT2D eigenvalue weighted by Gasteiger charge is 2.63. The van der Waals surface area contributed by atoms with E-state index in [1.807, 2.05) is 6.07 Å². The molecule has 2 aliphatic carbocycles. The second-order valence-electron chi connectivity index (χ2n) is 13.8. The maximum atomic E-state index is 14.0. The molecule has 1 aromatic carbocycles. The Bertz CT molecular complexity index is 1740. The van der Waals surface area contributed by atoms with Gasteiger partial charge in [0.1, 0.15) is 29.5 Å². The van der Waals surface area contributed by atoms with Gasteiger partial charge in [-0.1, -0.05) is 26.8 Å². The summed E-state index contributed by atoms with van der Waals surface area (Å²) in [6.07, 6.45) is 1.83. The molecule has 1 aromatic heterocycles. The first-order valence-corrected chi connectivity index (χ1v) is 16.8. The van der Waals surface area contributed by atoms with E-state index in [0.29, 0.717) is 24.0 Å². The summed E-state index contributed by atoms with van der Waals surface area (Å²) in [5, 5.41) is 16.0. The number of hydrogen-bond acceptors (Lipinski definition) is 9. The van der Waals surface area contributed by atoms with Gasteiger partial charge < -0.3 is 30.1 Å². The number of carbonyl (C=O) groups is 4. The Morgan fingerprint density at radius 1 is 1.19 bits per heavy atom. The average Bonchev–Trinajstić information content (AvgIpc) is 3.89. The van der Waals surface area contributed by atoms with Gasteiger partial charge in [0.25, 0.3) is 5.91 Å². The smallest absolute Gasteiger partial charge is 0.405 e. The van der Waals surface area contributed by atoms with Crippen LogP contribution in [-0.4, -0.2) is 89.4 Å². The first kappa shape index (κ1) is 33.9. The molecule has 1 aliphatic heterocycles. The van der Waals surface area contributed by atoms with E-state index in [9.17, 15) is 32.7 Å². The molecule has 5 atom stereocenters.